The number of likely N-dealkylation sites (tertiary alicyclic amines) is 1. The van der Waals surface area contributed by atoms with Crippen LogP contribution in [0.15, 0.2) is 72.8 Å². The lowest BCUT2D eigenvalue weighted by atomic mass is 9.87. The summed E-state index contributed by atoms with van der Waals surface area (Å²) in [5, 5.41) is 2.69. The molecule has 1 aliphatic heterocycles. The van der Waals surface area contributed by atoms with E-state index in [-0.39, 0.29) is 18.1 Å². The summed E-state index contributed by atoms with van der Waals surface area (Å²) in [6.07, 6.45) is 1.01. The minimum absolute atomic E-state index is 0.0720. The van der Waals surface area contributed by atoms with Gasteiger partial charge in [-0.3, -0.25) is 0 Å². The molecule has 2 amide bonds. The summed E-state index contributed by atoms with van der Waals surface area (Å²) in [6, 6.07) is 23.7. The van der Waals surface area contributed by atoms with Crippen molar-refractivity contribution in [2.75, 3.05) is 60.3 Å². The van der Waals surface area contributed by atoms with Crippen molar-refractivity contribution in [1.82, 2.24) is 10.2 Å². The fourth-order valence-electron chi connectivity index (χ4n) is 5.70. The van der Waals surface area contributed by atoms with Gasteiger partial charge in [0.25, 0.3) is 0 Å². The average Bonchev–Trinajstić information content (AvgIpc) is 3.11. The second-order valence-corrected chi connectivity index (χ2v) is 13.0. The maximum Gasteiger partial charge on any atom is 0.410 e. The minimum Gasteiger partial charge on any atom is -0.496 e. The Morgan fingerprint density at radius 2 is 1.56 bits per heavy atom. The lowest BCUT2D eigenvalue weighted by molar-refractivity contribution is -0.0358. The molecule has 0 spiro atoms. The van der Waals surface area contributed by atoms with Gasteiger partial charge >= 0.3 is 12.2 Å². The van der Waals surface area contributed by atoms with Crippen LogP contribution in [-0.2, 0) is 32.0 Å². The Balaban J connectivity index is 1.29. The Hall–Kier alpha value is -4.48. The number of piperidine rings is 1. The highest BCUT2D eigenvalue weighted by atomic mass is 16.6. The van der Waals surface area contributed by atoms with E-state index < -0.39 is 11.7 Å². The Morgan fingerprint density at radius 1 is 0.840 bits per heavy atom. The normalized spacial score (nSPS) is 16.0. The van der Waals surface area contributed by atoms with E-state index in [1.54, 1.807) is 12.0 Å². The first-order chi connectivity index (χ1) is 24.2. The number of methoxy groups -OCH3 is 2. The number of para-hydroxylation sites is 2. The zero-order valence-corrected chi connectivity index (χ0v) is 30.0. The summed E-state index contributed by atoms with van der Waals surface area (Å²) in [4.78, 5) is 26.1. The van der Waals surface area contributed by atoms with Gasteiger partial charge in [0.05, 0.1) is 53.3 Å². The topological polar surface area (TPSA) is 114 Å². The van der Waals surface area contributed by atoms with Crippen molar-refractivity contribution in [3.63, 3.8) is 0 Å². The summed E-state index contributed by atoms with van der Waals surface area (Å²) < 4.78 is 40.0. The predicted octanol–water partition coefficient (Wildman–Crippen LogP) is 6.77. The van der Waals surface area contributed by atoms with Gasteiger partial charge in [-0.25, -0.2) is 9.59 Å². The molecular weight excluding hydrogens is 640 g/mol. The van der Waals surface area contributed by atoms with Gasteiger partial charge in [-0.15, -0.1) is 0 Å². The Labute approximate surface area is 296 Å². The van der Waals surface area contributed by atoms with Gasteiger partial charge in [-0.05, 0) is 69.0 Å². The minimum atomic E-state index is -0.588. The monoisotopic (exact) mass is 692 g/mol. The van der Waals surface area contributed by atoms with Gasteiger partial charge < -0.3 is 43.4 Å². The number of hydrogen-bond acceptors (Lipinski definition) is 9. The second-order valence-electron chi connectivity index (χ2n) is 13.0. The largest absolute Gasteiger partial charge is 0.496 e. The van der Waals surface area contributed by atoms with Crippen LogP contribution >= 0.6 is 0 Å². The van der Waals surface area contributed by atoms with Gasteiger partial charge in [0.2, 0.25) is 0 Å². The quantitative estimate of drug-likeness (QED) is 0.153. The zero-order chi connectivity index (χ0) is 35.8. The molecule has 0 radical (unpaired) electrons. The van der Waals surface area contributed by atoms with E-state index >= 15 is 0 Å². The molecular formula is C39H52N2O9. The molecule has 3 aromatic rings. The Morgan fingerprint density at radius 3 is 2.28 bits per heavy atom. The lowest BCUT2D eigenvalue weighted by Gasteiger charge is -2.39. The number of alkyl carbamates (subject to hydrolysis) is 1. The molecule has 1 saturated heterocycles. The smallest absolute Gasteiger partial charge is 0.410 e. The third-order valence-electron chi connectivity index (χ3n) is 8.17. The van der Waals surface area contributed by atoms with Crippen molar-refractivity contribution >= 4 is 12.2 Å². The van der Waals surface area contributed by atoms with E-state index in [4.69, 9.17) is 28.4 Å². The number of rotatable bonds is 17. The van der Waals surface area contributed by atoms with Crippen molar-refractivity contribution in [1.29, 1.82) is 0 Å². The average molecular weight is 693 g/mol. The molecule has 1 heterocycles. The van der Waals surface area contributed by atoms with E-state index in [0.29, 0.717) is 59.1 Å². The zero-order valence-electron chi connectivity index (χ0n) is 30.0. The van der Waals surface area contributed by atoms with Crippen LogP contribution in [0.5, 0.6) is 17.2 Å². The summed E-state index contributed by atoms with van der Waals surface area (Å²) in [7, 11) is 3.00. The van der Waals surface area contributed by atoms with Crippen LogP contribution in [-0.4, -0.2) is 89.1 Å². The molecule has 2 atom stereocenters. The van der Waals surface area contributed by atoms with Gasteiger partial charge in [-0.1, -0.05) is 48.5 Å². The highest BCUT2D eigenvalue weighted by Gasteiger charge is 2.35. The number of nitrogens with zero attached hydrogens (tertiary/aromatic N) is 1. The fraction of sp³-hybridized carbons (Fsp3) is 0.487. The SMILES string of the molecule is COC(=O)NCCc1ccccc1OCCOC1CN(C(=O)OC(C)(C)C)CCC1c1ccc(OCCCOCc2ccccc2OC)cc1. The van der Waals surface area contributed by atoms with Crippen LogP contribution in [0.3, 0.4) is 0 Å². The van der Waals surface area contributed by atoms with E-state index in [2.05, 4.69) is 22.2 Å². The summed E-state index contributed by atoms with van der Waals surface area (Å²) in [5.74, 6) is 2.42. The number of nitrogens with one attached hydrogen (secondary N) is 1. The maximum absolute atomic E-state index is 13.0. The van der Waals surface area contributed by atoms with Crippen molar-refractivity contribution in [3.8, 4) is 17.2 Å². The highest BCUT2D eigenvalue weighted by molar-refractivity contribution is 5.68. The Bertz CT molecular complexity index is 1470. The van der Waals surface area contributed by atoms with Crippen LogP contribution in [0.1, 0.15) is 56.2 Å². The van der Waals surface area contributed by atoms with Crippen molar-refractivity contribution in [2.45, 2.75) is 64.3 Å². The van der Waals surface area contributed by atoms with Crippen molar-refractivity contribution in [3.05, 3.63) is 89.5 Å². The first-order valence-electron chi connectivity index (χ1n) is 17.2. The van der Waals surface area contributed by atoms with E-state index in [1.165, 1.54) is 7.11 Å². The second kappa shape index (κ2) is 19.6. The lowest BCUT2D eigenvalue weighted by Crippen LogP contribution is -2.48. The molecule has 3 aromatic carbocycles. The third kappa shape index (κ3) is 12.4. The van der Waals surface area contributed by atoms with E-state index in [0.717, 1.165) is 46.8 Å². The molecule has 1 aliphatic rings. The van der Waals surface area contributed by atoms with Gasteiger partial charge in [0.15, 0.2) is 0 Å². The number of ether oxygens (including phenoxy) is 7. The standard InChI is InChI=1S/C39H52N2O9/c1-39(2,3)50-38(43)41-22-20-33(36(27-41)49-26-25-48-35-14-9-6-11-30(35)19-21-40-37(42)45-5)29-15-17-32(18-16-29)47-24-10-23-46-28-31-12-7-8-13-34(31)44-4/h6-9,11-18,33,36H,10,19-28H2,1-5H3,(H,40,42). The molecule has 272 valence electrons. The molecule has 50 heavy (non-hydrogen) atoms. The molecule has 0 aromatic heterocycles. The van der Waals surface area contributed by atoms with Gasteiger partial charge in [0.1, 0.15) is 29.5 Å². The predicted molar refractivity (Wildman–Crippen MR) is 190 cm³/mol. The maximum atomic E-state index is 13.0. The van der Waals surface area contributed by atoms with Crippen LogP contribution in [0.4, 0.5) is 9.59 Å². The molecule has 11 nitrogen and oxygen atoms in total. The summed E-state index contributed by atoms with van der Waals surface area (Å²) in [6.45, 7) is 9.26. The number of carbonyl (C=O) groups is 2. The molecule has 2 unspecified atom stereocenters. The number of benzene rings is 3. The highest BCUT2D eigenvalue weighted by Crippen LogP contribution is 2.32. The van der Waals surface area contributed by atoms with Crippen molar-refractivity contribution < 1.29 is 42.7 Å². The van der Waals surface area contributed by atoms with Gasteiger partial charge in [-0.2, -0.15) is 0 Å². The number of amides is 2. The summed E-state index contributed by atoms with van der Waals surface area (Å²) in [5.41, 5.74) is 2.52. The first kappa shape index (κ1) is 38.3. The van der Waals surface area contributed by atoms with Crippen LogP contribution in [0.25, 0.3) is 0 Å². The fourth-order valence-corrected chi connectivity index (χ4v) is 5.70. The molecule has 1 fully saturated rings. The summed E-state index contributed by atoms with van der Waals surface area (Å²) >= 11 is 0. The molecule has 0 saturated carbocycles. The number of hydrogen-bond donors (Lipinski definition) is 1. The Kier molecular flexibility index (Phi) is 15.1. The van der Waals surface area contributed by atoms with E-state index in [1.807, 2.05) is 81.4 Å². The van der Waals surface area contributed by atoms with E-state index in [9.17, 15) is 9.59 Å². The van der Waals surface area contributed by atoms with Crippen molar-refractivity contribution in [2.24, 2.45) is 0 Å². The molecule has 4 rings (SSSR count). The third-order valence-corrected chi connectivity index (χ3v) is 8.17. The van der Waals surface area contributed by atoms with Gasteiger partial charge in [0, 0.05) is 31.0 Å². The van der Waals surface area contributed by atoms with Crippen LogP contribution in [0.2, 0.25) is 0 Å². The molecule has 0 bridgehead atoms. The van der Waals surface area contributed by atoms with Crippen LogP contribution in [0, 0.1) is 0 Å². The molecule has 1 N–H and O–H groups in total. The molecule has 0 aliphatic carbocycles. The van der Waals surface area contributed by atoms with Crippen LogP contribution < -0.4 is 19.5 Å². The molecule has 11 heteroatoms. The first-order valence-corrected chi connectivity index (χ1v) is 17.2. The number of carbonyl (C=O) groups excluding carboxylic acids is 2.